The highest BCUT2D eigenvalue weighted by atomic mass is 16.5. The summed E-state index contributed by atoms with van der Waals surface area (Å²) in [7, 11) is 0. The number of urea groups is 1. The largest absolute Gasteiger partial charge is 0.466 e. The summed E-state index contributed by atoms with van der Waals surface area (Å²) in [5.74, 6) is 0.749. The Morgan fingerprint density at radius 2 is 1.73 bits per heavy atom. The van der Waals surface area contributed by atoms with Crippen molar-refractivity contribution in [2.45, 2.75) is 33.1 Å². The van der Waals surface area contributed by atoms with E-state index in [1.807, 2.05) is 79.7 Å². The van der Waals surface area contributed by atoms with Gasteiger partial charge in [0, 0.05) is 28.6 Å². The Morgan fingerprint density at radius 1 is 0.976 bits per heavy atom. The van der Waals surface area contributed by atoms with Gasteiger partial charge in [-0.1, -0.05) is 68.8 Å². The number of amides is 3. The highest BCUT2D eigenvalue weighted by Crippen LogP contribution is 2.36. The molecule has 9 heteroatoms. The van der Waals surface area contributed by atoms with Gasteiger partial charge in [-0.3, -0.25) is 10.1 Å². The fourth-order valence-electron chi connectivity index (χ4n) is 4.77. The maximum atomic E-state index is 13.3. The first kappa shape index (κ1) is 26.1. The predicted octanol–water partition coefficient (Wildman–Crippen LogP) is 6.67. The third-order valence-corrected chi connectivity index (χ3v) is 6.95. The van der Waals surface area contributed by atoms with Gasteiger partial charge in [0.05, 0.1) is 17.1 Å². The van der Waals surface area contributed by atoms with Crippen LogP contribution in [0.5, 0.6) is 5.88 Å². The molecule has 3 aromatic carbocycles. The second kappa shape index (κ2) is 10.1. The Balaban J connectivity index is 1.31. The first-order valence-electron chi connectivity index (χ1n) is 13.4. The van der Waals surface area contributed by atoms with Crippen molar-refractivity contribution in [2.75, 3.05) is 22.6 Å². The van der Waals surface area contributed by atoms with Crippen LogP contribution < -0.4 is 20.7 Å². The van der Waals surface area contributed by atoms with Crippen molar-refractivity contribution in [3.05, 3.63) is 90.3 Å². The molecule has 0 unspecified atom stereocenters. The lowest BCUT2D eigenvalue weighted by Crippen LogP contribution is -2.25. The fourth-order valence-corrected chi connectivity index (χ4v) is 4.77. The van der Waals surface area contributed by atoms with Crippen molar-refractivity contribution >= 4 is 39.9 Å². The molecule has 0 saturated heterocycles. The zero-order valence-electron chi connectivity index (χ0n) is 23.3. The Kier molecular flexibility index (Phi) is 6.42. The number of carbonyl (C=O) groups excluding carboxylic acids is 2. The number of nitrogens with one attached hydrogen (secondary N) is 3. The Labute approximate surface area is 237 Å². The van der Waals surface area contributed by atoms with E-state index >= 15 is 0 Å². The summed E-state index contributed by atoms with van der Waals surface area (Å²) in [6.07, 6.45) is 1.72. The van der Waals surface area contributed by atoms with E-state index in [-0.39, 0.29) is 24.0 Å². The summed E-state index contributed by atoms with van der Waals surface area (Å²) in [4.78, 5) is 29.5. The molecule has 0 aliphatic carbocycles. The SMILES string of the molecule is Cc1ccc(-n2nc(C(C)(C)C)cc2NC(=O)Nc2ccc(-c3cnc4c(c3)NC(=O)CO4)c3ccccc23)cc1. The van der Waals surface area contributed by atoms with Gasteiger partial charge >= 0.3 is 6.03 Å². The van der Waals surface area contributed by atoms with Gasteiger partial charge in [-0.05, 0) is 42.1 Å². The topological polar surface area (TPSA) is 110 Å². The van der Waals surface area contributed by atoms with Crippen molar-refractivity contribution in [3.63, 3.8) is 0 Å². The molecular formula is C32H30N6O3. The summed E-state index contributed by atoms with van der Waals surface area (Å²) in [5, 5.41) is 15.4. The van der Waals surface area contributed by atoms with Crippen LogP contribution in [0.2, 0.25) is 0 Å². The molecule has 41 heavy (non-hydrogen) atoms. The number of nitrogens with zero attached hydrogens (tertiary/aromatic N) is 3. The molecule has 6 rings (SSSR count). The molecule has 9 nitrogen and oxygen atoms in total. The van der Waals surface area contributed by atoms with Crippen molar-refractivity contribution < 1.29 is 14.3 Å². The lowest BCUT2D eigenvalue weighted by molar-refractivity contribution is -0.118. The minimum absolute atomic E-state index is 0.0476. The smallest absolute Gasteiger partial charge is 0.324 e. The van der Waals surface area contributed by atoms with E-state index in [2.05, 4.69) is 41.7 Å². The second-order valence-corrected chi connectivity index (χ2v) is 11.1. The molecule has 3 heterocycles. The third-order valence-electron chi connectivity index (χ3n) is 6.95. The monoisotopic (exact) mass is 546 g/mol. The molecule has 0 bridgehead atoms. The van der Waals surface area contributed by atoms with E-state index in [0.29, 0.717) is 23.1 Å². The molecule has 206 valence electrons. The van der Waals surface area contributed by atoms with E-state index in [4.69, 9.17) is 9.84 Å². The lowest BCUT2D eigenvalue weighted by atomic mass is 9.92. The minimum Gasteiger partial charge on any atom is -0.466 e. The second-order valence-electron chi connectivity index (χ2n) is 11.1. The number of pyridine rings is 1. The van der Waals surface area contributed by atoms with Gasteiger partial charge in [-0.15, -0.1) is 0 Å². The summed E-state index contributed by atoms with van der Waals surface area (Å²) in [6, 6.07) is 23.0. The van der Waals surface area contributed by atoms with Gasteiger partial charge in [0.1, 0.15) is 11.5 Å². The van der Waals surface area contributed by atoms with Crippen LogP contribution in [0.15, 0.2) is 79.0 Å². The normalized spacial score (nSPS) is 12.8. The van der Waals surface area contributed by atoms with Crippen LogP contribution >= 0.6 is 0 Å². The van der Waals surface area contributed by atoms with Gasteiger partial charge in [0.25, 0.3) is 5.91 Å². The van der Waals surface area contributed by atoms with E-state index in [9.17, 15) is 9.59 Å². The molecule has 5 aromatic rings. The molecule has 0 atom stereocenters. The number of aromatic nitrogens is 3. The van der Waals surface area contributed by atoms with E-state index in [1.165, 1.54) is 0 Å². The number of anilines is 3. The maximum absolute atomic E-state index is 13.3. The highest BCUT2D eigenvalue weighted by Gasteiger charge is 2.22. The quantitative estimate of drug-likeness (QED) is 0.233. The number of ether oxygens (including phenoxy) is 1. The van der Waals surface area contributed by atoms with E-state index in [1.54, 1.807) is 10.9 Å². The Bertz CT molecular complexity index is 1800. The van der Waals surface area contributed by atoms with Crippen molar-refractivity contribution in [1.29, 1.82) is 0 Å². The maximum Gasteiger partial charge on any atom is 0.324 e. The van der Waals surface area contributed by atoms with Gasteiger partial charge in [0.15, 0.2) is 6.61 Å². The minimum atomic E-state index is -0.382. The van der Waals surface area contributed by atoms with E-state index < -0.39 is 0 Å². The average Bonchev–Trinajstić information content (AvgIpc) is 3.37. The number of aryl methyl sites for hydroxylation is 1. The molecule has 0 spiro atoms. The van der Waals surface area contributed by atoms with Crippen LogP contribution in [0, 0.1) is 6.92 Å². The van der Waals surface area contributed by atoms with Crippen molar-refractivity contribution in [2.24, 2.45) is 0 Å². The summed E-state index contributed by atoms with van der Waals surface area (Å²) in [5.41, 5.74) is 5.58. The molecule has 3 N–H and O–H groups in total. The zero-order chi connectivity index (χ0) is 28.7. The van der Waals surface area contributed by atoms with Gasteiger partial charge < -0.3 is 15.4 Å². The number of rotatable bonds is 4. The molecule has 0 saturated carbocycles. The fraction of sp³-hybridized carbons (Fsp3) is 0.188. The van der Waals surface area contributed by atoms with Crippen LogP contribution in [0.25, 0.3) is 27.6 Å². The number of hydrogen-bond acceptors (Lipinski definition) is 5. The van der Waals surface area contributed by atoms with Crippen molar-refractivity contribution in [3.8, 4) is 22.7 Å². The molecule has 0 radical (unpaired) electrons. The van der Waals surface area contributed by atoms with Crippen LogP contribution in [0.3, 0.4) is 0 Å². The van der Waals surface area contributed by atoms with Crippen LogP contribution in [-0.2, 0) is 10.2 Å². The summed E-state index contributed by atoms with van der Waals surface area (Å²) >= 11 is 0. The zero-order valence-corrected chi connectivity index (χ0v) is 23.3. The molecule has 3 amide bonds. The molecule has 1 aliphatic heterocycles. The predicted molar refractivity (Wildman–Crippen MR) is 161 cm³/mol. The average molecular weight is 547 g/mol. The first-order chi connectivity index (χ1) is 19.7. The third kappa shape index (κ3) is 5.21. The summed E-state index contributed by atoms with van der Waals surface area (Å²) in [6.45, 7) is 8.25. The Morgan fingerprint density at radius 3 is 2.49 bits per heavy atom. The van der Waals surface area contributed by atoms with Crippen LogP contribution in [0.4, 0.5) is 22.0 Å². The van der Waals surface area contributed by atoms with Crippen molar-refractivity contribution in [1.82, 2.24) is 14.8 Å². The van der Waals surface area contributed by atoms with E-state index in [0.717, 1.165) is 38.8 Å². The number of hydrogen-bond donors (Lipinski definition) is 3. The number of fused-ring (bicyclic) bond motifs is 2. The first-order valence-corrected chi connectivity index (χ1v) is 13.4. The van der Waals surface area contributed by atoms with Gasteiger partial charge in [-0.25, -0.2) is 14.5 Å². The Hall–Kier alpha value is -5.18. The van der Waals surface area contributed by atoms with Crippen LogP contribution in [0.1, 0.15) is 32.0 Å². The molecular weight excluding hydrogens is 516 g/mol. The molecule has 2 aromatic heterocycles. The van der Waals surface area contributed by atoms with Crippen LogP contribution in [-0.4, -0.2) is 33.3 Å². The molecule has 1 aliphatic rings. The number of carbonyl (C=O) groups is 2. The standard InChI is InChI=1S/C32H30N6O3/c1-19-9-11-21(12-10-19)38-28(16-27(37-38)32(2,3)4)36-31(40)35-25-14-13-22(23-7-5-6-8-24(23)25)20-15-26-30(33-17-20)41-18-29(39)34-26/h5-17H,18H2,1-4H3,(H,34,39)(H2,35,36,40). The highest BCUT2D eigenvalue weighted by molar-refractivity contribution is 6.10. The summed E-state index contributed by atoms with van der Waals surface area (Å²) < 4.78 is 7.16. The van der Waals surface area contributed by atoms with Gasteiger partial charge in [0.2, 0.25) is 5.88 Å². The molecule has 0 fully saturated rings. The number of benzene rings is 3. The van der Waals surface area contributed by atoms with Gasteiger partial charge in [-0.2, -0.15) is 5.10 Å². The lowest BCUT2D eigenvalue weighted by Gasteiger charge is -2.18.